The van der Waals surface area contributed by atoms with Crippen LogP contribution in [0.25, 0.3) is 0 Å². The van der Waals surface area contributed by atoms with E-state index in [1.54, 1.807) is 0 Å². The van der Waals surface area contributed by atoms with E-state index in [0.29, 0.717) is 6.42 Å². The molecule has 2 aliphatic rings. The summed E-state index contributed by atoms with van der Waals surface area (Å²) < 4.78 is 2.25. The molecule has 3 rings (SSSR count). The van der Waals surface area contributed by atoms with Gasteiger partial charge in [0.05, 0.1) is 11.4 Å². The Morgan fingerprint density at radius 2 is 2.07 bits per heavy atom. The maximum Gasteiger partial charge on any atom is 0.303 e. The van der Waals surface area contributed by atoms with Crippen molar-refractivity contribution in [2.45, 2.75) is 39.3 Å². The van der Waals surface area contributed by atoms with Crippen molar-refractivity contribution < 1.29 is 14.5 Å². The maximum atomic E-state index is 11.1. The van der Waals surface area contributed by atoms with Gasteiger partial charge in [-0.3, -0.25) is 4.79 Å². The summed E-state index contributed by atoms with van der Waals surface area (Å²) in [5.74, 6) is -0.739. The predicted molar refractivity (Wildman–Crippen MR) is 114 cm³/mol. The average molecular weight is 383 g/mol. The van der Waals surface area contributed by atoms with E-state index in [0.717, 1.165) is 29.7 Å². The van der Waals surface area contributed by atoms with Crippen molar-refractivity contribution in [2.75, 3.05) is 19.3 Å². The molecule has 0 radical (unpaired) electrons. The zero-order valence-electron chi connectivity index (χ0n) is 16.5. The number of anilines is 1. The van der Waals surface area contributed by atoms with Crippen LogP contribution in [0.4, 0.5) is 11.4 Å². The highest BCUT2D eigenvalue weighted by atomic mass is 28.3. The van der Waals surface area contributed by atoms with Crippen LogP contribution in [0.5, 0.6) is 0 Å². The molecule has 0 saturated carbocycles. The van der Waals surface area contributed by atoms with Crippen molar-refractivity contribution in [3.8, 4) is 0 Å². The van der Waals surface area contributed by atoms with Gasteiger partial charge < -0.3 is 10.8 Å². The summed E-state index contributed by atoms with van der Waals surface area (Å²) in [7, 11) is -0.0517. The number of nitrogens with two attached hydrogens (primary N) is 1. The van der Waals surface area contributed by atoms with Crippen LogP contribution in [-0.2, 0) is 4.79 Å². The van der Waals surface area contributed by atoms with Gasteiger partial charge in [-0.25, -0.2) is 9.57 Å². The summed E-state index contributed by atoms with van der Waals surface area (Å²) in [6, 6.07) is 6.82. The topological polar surface area (TPSA) is 78.7 Å². The fourth-order valence-corrected chi connectivity index (χ4v) is 8.08. The van der Waals surface area contributed by atoms with Crippen molar-refractivity contribution in [2.24, 2.45) is 4.99 Å². The molecule has 1 aliphatic carbocycles. The molecule has 1 aromatic rings. The molecule has 1 aromatic carbocycles. The molecule has 1 unspecified atom stereocenters. The average Bonchev–Trinajstić information content (AvgIpc) is 2.61. The summed E-state index contributed by atoms with van der Waals surface area (Å²) in [6.07, 6.45) is 5.33. The normalized spacial score (nSPS) is 22.9. The quantitative estimate of drug-likeness (QED) is 0.356. The highest BCUT2D eigenvalue weighted by Crippen LogP contribution is 2.35. The Balaban J connectivity index is 2.18. The van der Waals surface area contributed by atoms with E-state index < -0.39 is 14.0 Å². The number of hydrogen-bond donors (Lipinski definition) is 2. The molecule has 1 aliphatic heterocycles. The van der Waals surface area contributed by atoms with Crippen molar-refractivity contribution >= 4 is 42.0 Å². The summed E-state index contributed by atoms with van der Waals surface area (Å²) >= 11 is 0. The van der Waals surface area contributed by atoms with E-state index in [1.807, 2.05) is 12.1 Å². The number of fused-ring (bicyclic) bond motifs is 2. The van der Waals surface area contributed by atoms with Crippen LogP contribution in [0, 0.1) is 0 Å². The largest absolute Gasteiger partial charge is 0.481 e. The molecule has 3 N–H and O–H groups in total. The minimum atomic E-state index is -2.15. The molecule has 0 fully saturated rings. The number of nitrogens with zero attached hydrogens (tertiary/aromatic N) is 2. The lowest BCUT2D eigenvalue weighted by Crippen LogP contribution is -2.52. The smallest absolute Gasteiger partial charge is 0.303 e. The van der Waals surface area contributed by atoms with Crippen molar-refractivity contribution in [1.82, 2.24) is 0 Å². The minimum absolute atomic E-state index is 0.195. The summed E-state index contributed by atoms with van der Waals surface area (Å²) in [5, 5.41) is 11.6. The van der Waals surface area contributed by atoms with Crippen LogP contribution in [0.15, 0.2) is 46.1 Å². The monoisotopic (exact) mass is 382 g/mol. The summed E-state index contributed by atoms with van der Waals surface area (Å²) in [4.78, 5) is 16.0. The minimum Gasteiger partial charge on any atom is -0.481 e. The molecular formula is C21H28N3O2Si+. The molecular weight excluding hydrogens is 354 g/mol. The third-order valence-electron chi connectivity index (χ3n) is 5.72. The molecule has 0 bridgehead atoms. The molecule has 0 aromatic heterocycles. The first-order valence-electron chi connectivity index (χ1n) is 9.46. The molecule has 27 heavy (non-hydrogen) atoms. The first-order valence-corrected chi connectivity index (χ1v) is 12.2. The Kier molecular flexibility index (Phi) is 5.19. The molecule has 6 heteroatoms. The molecule has 0 amide bonds. The number of benzene rings is 1. The SMILES string of the molecule is CC[N+](C)=C1C=C2C(=Nc3ccc(N)cc3[Si]2(C)CCCC(=O)O)C=C1C. The van der Waals surface area contributed by atoms with E-state index in [-0.39, 0.29) is 6.42 Å². The van der Waals surface area contributed by atoms with Crippen LogP contribution in [0.2, 0.25) is 12.6 Å². The van der Waals surface area contributed by atoms with Crippen LogP contribution in [0.1, 0.15) is 26.7 Å². The van der Waals surface area contributed by atoms with Gasteiger partial charge in [0.15, 0.2) is 0 Å². The number of carbonyl (C=O) groups is 1. The van der Waals surface area contributed by atoms with Crippen LogP contribution >= 0.6 is 0 Å². The number of hydrogen-bond acceptors (Lipinski definition) is 3. The number of allylic oxidation sites excluding steroid dienone is 4. The van der Waals surface area contributed by atoms with Gasteiger partial charge in [-0.1, -0.05) is 6.55 Å². The van der Waals surface area contributed by atoms with Gasteiger partial charge in [0.2, 0.25) is 5.71 Å². The summed E-state index contributed by atoms with van der Waals surface area (Å²) in [6.45, 7) is 7.52. The zero-order chi connectivity index (χ0) is 19.8. The predicted octanol–water partition coefficient (Wildman–Crippen LogP) is 3.03. The molecule has 142 valence electrons. The third-order valence-corrected chi connectivity index (χ3v) is 10.3. The van der Waals surface area contributed by atoms with Gasteiger partial charge >= 0.3 is 5.97 Å². The Morgan fingerprint density at radius 1 is 1.33 bits per heavy atom. The lowest BCUT2D eigenvalue weighted by atomic mass is 10.0. The fourth-order valence-electron chi connectivity index (χ4n) is 4.03. The highest BCUT2D eigenvalue weighted by Gasteiger charge is 2.42. The van der Waals surface area contributed by atoms with Gasteiger partial charge in [0, 0.05) is 23.8 Å². The van der Waals surface area contributed by atoms with Crippen molar-refractivity contribution in [3.63, 3.8) is 0 Å². The van der Waals surface area contributed by atoms with Crippen molar-refractivity contribution in [1.29, 1.82) is 0 Å². The lowest BCUT2D eigenvalue weighted by Gasteiger charge is -2.37. The Hall–Kier alpha value is -2.47. The third kappa shape index (κ3) is 3.54. The first-order chi connectivity index (χ1) is 12.8. The number of aliphatic imine (C=N–C) groups is 1. The standard InChI is InChI=1S/C21H27N3O2Si/c1-5-24(3)18-13-20-17(11-14(18)2)23-16-9-8-15(22)12-19(16)27(20,4)10-6-7-21(25)26/h8-9,11-13,22H,5-7,10H2,1-4H3,(H,25,26)/p+1. The van der Waals surface area contributed by atoms with Gasteiger partial charge in [0.25, 0.3) is 0 Å². The van der Waals surface area contributed by atoms with E-state index >= 15 is 0 Å². The van der Waals surface area contributed by atoms with Crippen LogP contribution in [-0.4, -0.2) is 48.7 Å². The van der Waals surface area contributed by atoms with Gasteiger partial charge in [-0.2, -0.15) is 0 Å². The van der Waals surface area contributed by atoms with Gasteiger partial charge in [-0.15, -0.1) is 0 Å². The molecule has 0 saturated heterocycles. The number of aliphatic carboxylic acids is 1. The lowest BCUT2D eigenvalue weighted by molar-refractivity contribution is -0.492. The van der Waals surface area contributed by atoms with Crippen LogP contribution in [0.3, 0.4) is 0 Å². The Labute approximate surface area is 161 Å². The van der Waals surface area contributed by atoms with Gasteiger partial charge in [0.1, 0.15) is 21.7 Å². The van der Waals surface area contributed by atoms with Crippen LogP contribution < -0.4 is 10.9 Å². The number of rotatable bonds is 5. The number of carboxylic acids is 1. The summed E-state index contributed by atoms with van der Waals surface area (Å²) in [5.41, 5.74) is 11.3. The van der Waals surface area contributed by atoms with Crippen molar-refractivity contribution in [3.05, 3.63) is 41.1 Å². The molecule has 1 heterocycles. The first kappa shape index (κ1) is 19.3. The zero-order valence-corrected chi connectivity index (χ0v) is 17.5. The highest BCUT2D eigenvalue weighted by molar-refractivity contribution is 7.02. The molecule has 0 spiro atoms. The molecule has 5 nitrogen and oxygen atoms in total. The van der Waals surface area contributed by atoms with E-state index in [9.17, 15) is 4.79 Å². The number of carboxylic acid groups (broad SMARTS) is 1. The van der Waals surface area contributed by atoms with E-state index in [2.05, 4.69) is 50.2 Å². The Bertz CT molecular complexity index is 927. The van der Waals surface area contributed by atoms with E-state index in [4.69, 9.17) is 15.8 Å². The maximum absolute atomic E-state index is 11.1. The second kappa shape index (κ2) is 7.27. The fraction of sp³-hybridized carbons (Fsp3) is 0.381. The molecule has 1 atom stereocenters. The van der Waals surface area contributed by atoms with Gasteiger partial charge in [-0.05, 0) is 61.0 Å². The second-order valence-electron chi connectivity index (χ2n) is 7.64. The second-order valence-corrected chi connectivity index (χ2v) is 11.9. The number of nitrogen functional groups attached to an aromatic ring is 1. The Morgan fingerprint density at radius 3 is 2.74 bits per heavy atom. The van der Waals surface area contributed by atoms with E-state index in [1.165, 1.54) is 21.7 Å².